The molecule has 9 heteroatoms. The zero-order valence-corrected chi connectivity index (χ0v) is 25.7. The lowest BCUT2D eigenvalue weighted by Crippen LogP contribution is -2.40. The third kappa shape index (κ3) is 6.58. The molecule has 0 saturated heterocycles. The third-order valence-electron chi connectivity index (χ3n) is 8.18. The Morgan fingerprint density at radius 3 is 2.42 bits per heavy atom. The SMILES string of the molecule is CCCCC1=NC2(CCCC2)C(=O)N1Cc1ccc(-c2ccccc2S(=O)(=O)NC(=O)c2ccccc2)c(COCC)c1. The first-order chi connectivity index (χ1) is 20.8. The smallest absolute Gasteiger partial charge is 0.264 e. The van der Waals surface area contributed by atoms with Crippen molar-refractivity contribution in [2.45, 2.75) is 82.4 Å². The van der Waals surface area contributed by atoms with E-state index >= 15 is 0 Å². The highest BCUT2D eigenvalue weighted by molar-refractivity contribution is 7.90. The Kier molecular flexibility index (Phi) is 9.42. The minimum Gasteiger partial charge on any atom is -0.377 e. The number of carbonyl (C=O) groups is 2. The number of ether oxygens (including phenoxy) is 1. The predicted molar refractivity (Wildman–Crippen MR) is 167 cm³/mol. The monoisotopic (exact) mass is 601 g/mol. The number of amidine groups is 1. The van der Waals surface area contributed by atoms with Gasteiger partial charge in [-0.15, -0.1) is 0 Å². The molecular formula is C34H39N3O5S. The maximum Gasteiger partial charge on any atom is 0.264 e. The number of hydrogen-bond acceptors (Lipinski definition) is 6. The molecule has 0 unspecified atom stereocenters. The summed E-state index contributed by atoms with van der Waals surface area (Å²) in [5.41, 5.74) is 2.51. The van der Waals surface area contributed by atoms with Crippen molar-refractivity contribution in [3.8, 4) is 11.1 Å². The van der Waals surface area contributed by atoms with Crippen molar-refractivity contribution in [3.63, 3.8) is 0 Å². The van der Waals surface area contributed by atoms with Crippen LogP contribution in [-0.4, -0.2) is 43.1 Å². The number of rotatable bonds is 12. The lowest BCUT2D eigenvalue weighted by Gasteiger charge is -2.23. The second-order valence-corrected chi connectivity index (χ2v) is 12.8. The van der Waals surface area contributed by atoms with E-state index in [9.17, 15) is 18.0 Å². The van der Waals surface area contributed by atoms with E-state index in [1.165, 1.54) is 6.07 Å². The summed E-state index contributed by atoms with van der Waals surface area (Å²) in [6.45, 7) is 5.19. The summed E-state index contributed by atoms with van der Waals surface area (Å²) >= 11 is 0. The molecule has 8 nitrogen and oxygen atoms in total. The van der Waals surface area contributed by atoms with Gasteiger partial charge in [0.05, 0.1) is 18.0 Å². The lowest BCUT2D eigenvalue weighted by atomic mass is 9.96. The third-order valence-corrected chi connectivity index (χ3v) is 9.57. The van der Waals surface area contributed by atoms with Gasteiger partial charge in [0.25, 0.3) is 21.8 Å². The predicted octanol–water partition coefficient (Wildman–Crippen LogP) is 6.25. The van der Waals surface area contributed by atoms with Gasteiger partial charge in [-0.1, -0.05) is 80.8 Å². The van der Waals surface area contributed by atoms with Crippen LogP contribution in [0.4, 0.5) is 0 Å². The first kappa shape index (κ1) is 30.6. The molecule has 1 fully saturated rings. The van der Waals surface area contributed by atoms with Gasteiger partial charge in [-0.3, -0.25) is 19.5 Å². The van der Waals surface area contributed by atoms with Gasteiger partial charge in [-0.05, 0) is 61.1 Å². The van der Waals surface area contributed by atoms with Crippen LogP contribution in [0.3, 0.4) is 0 Å². The highest BCUT2D eigenvalue weighted by Crippen LogP contribution is 2.40. The van der Waals surface area contributed by atoms with Crippen molar-refractivity contribution in [1.82, 2.24) is 9.62 Å². The van der Waals surface area contributed by atoms with Crippen LogP contribution >= 0.6 is 0 Å². The average Bonchev–Trinajstić information content (AvgIpc) is 3.59. The van der Waals surface area contributed by atoms with Crippen LogP contribution in [0.25, 0.3) is 11.1 Å². The summed E-state index contributed by atoms with van der Waals surface area (Å²) < 4.78 is 35.0. The molecule has 43 heavy (non-hydrogen) atoms. The van der Waals surface area contributed by atoms with Crippen molar-refractivity contribution in [3.05, 3.63) is 89.5 Å². The van der Waals surface area contributed by atoms with Crippen LogP contribution in [0.2, 0.25) is 0 Å². The first-order valence-electron chi connectivity index (χ1n) is 15.1. The van der Waals surface area contributed by atoms with Crippen molar-refractivity contribution in [2.75, 3.05) is 6.61 Å². The van der Waals surface area contributed by atoms with Gasteiger partial charge in [0.15, 0.2) is 0 Å². The van der Waals surface area contributed by atoms with E-state index < -0.39 is 21.5 Å². The van der Waals surface area contributed by atoms with Gasteiger partial charge in [0, 0.05) is 24.2 Å². The first-order valence-corrected chi connectivity index (χ1v) is 16.6. The summed E-state index contributed by atoms with van der Waals surface area (Å²) in [4.78, 5) is 33.3. The van der Waals surface area contributed by atoms with Crippen molar-refractivity contribution in [1.29, 1.82) is 0 Å². The van der Waals surface area contributed by atoms with Crippen LogP contribution in [0.15, 0.2) is 82.7 Å². The van der Waals surface area contributed by atoms with E-state index in [2.05, 4.69) is 11.6 Å². The van der Waals surface area contributed by atoms with Gasteiger partial charge >= 0.3 is 0 Å². The molecule has 0 aromatic heterocycles. The molecule has 226 valence electrons. The minimum absolute atomic E-state index is 0.00309. The lowest BCUT2D eigenvalue weighted by molar-refractivity contribution is -0.131. The maximum absolute atomic E-state index is 13.7. The highest BCUT2D eigenvalue weighted by Gasteiger charge is 2.49. The molecule has 0 atom stereocenters. The number of unbranched alkanes of at least 4 members (excludes halogenated alkanes) is 1. The standard InChI is InChI=1S/C34H39N3O5S/c1-3-5-17-31-35-34(20-11-12-21-34)33(39)37(31)23-25-18-19-28(27(22-25)24-42-4-2)29-15-9-10-16-30(29)43(40,41)36-32(38)26-13-7-6-8-14-26/h6-10,13-16,18-19,22H,3-5,11-12,17,20-21,23-24H2,1-2H3,(H,36,38). The van der Waals surface area contributed by atoms with Crippen LogP contribution in [-0.2, 0) is 32.7 Å². The Labute approximate surface area is 254 Å². The van der Waals surface area contributed by atoms with Gasteiger partial charge in [0.1, 0.15) is 11.4 Å². The average molecular weight is 602 g/mol. The van der Waals surface area contributed by atoms with Crippen molar-refractivity contribution in [2.24, 2.45) is 4.99 Å². The number of aliphatic imine (C=N–C) groups is 1. The van der Waals surface area contributed by atoms with Crippen LogP contribution < -0.4 is 4.72 Å². The molecule has 2 amide bonds. The number of hydrogen-bond donors (Lipinski definition) is 1. The Hall–Kier alpha value is -3.82. The van der Waals surface area contributed by atoms with Crippen molar-refractivity contribution >= 4 is 27.7 Å². The molecule has 0 bridgehead atoms. The molecule has 0 radical (unpaired) electrons. The summed E-state index contributed by atoms with van der Waals surface area (Å²) in [5.74, 6) is 0.267. The highest BCUT2D eigenvalue weighted by atomic mass is 32.2. The van der Waals surface area contributed by atoms with Gasteiger partial charge < -0.3 is 4.74 Å². The number of carbonyl (C=O) groups excluding carboxylic acids is 2. The molecular weight excluding hydrogens is 562 g/mol. The molecule has 1 spiro atoms. The van der Waals surface area contributed by atoms with E-state index in [0.717, 1.165) is 61.9 Å². The molecule has 5 rings (SSSR count). The van der Waals surface area contributed by atoms with E-state index in [-0.39, 0.29) is 23.0 Å². The largest absolute Gasteiger partial charge is 0.377 e. The fourth-order valence-corrected chi connectivity index (χ4v) is 7.17. The topological polar surface area (TPSA) is 105 Å². The number of nitrogens with one attached hydrogen (secondary N) is 1. The van der Waals surface area contributed by atoms with E-state index in [4.69, 9.17) is 9.73 Å². The normalized spacial score (nSPS) is 16.1. The maximum atomic E-state index is 13.7. The Morgan fingerprint density at radius 2 is 1.70 bits per heavy atom. The Balaban J connectivity index is 1.47. The van der Waals surface area contributed by atoms with Gasteiger partial charge in [-0.25, -0.2) is 13.1 Å². The molecule has 3 aromatic carbocycles. The van der Waals surface area contributed by atoms with Crippen LogP contribution in [0.5, 0.6) is 0 Å². The summed E-state index contributed by atoms with van der Waals surface area (Å²) in [6, 6.07) is 20.7. The molecule has 3 aromatic rings. The zero-order chi connectivity index (χ0) is 30.5. The van der Waals surface area contributed by atoms with Crippen LogP contribution in [0, 0.1) is 0 Å². The Bertz CT molecular complexity index is 1610. The van der Waals surface area contributed by atoms with Gasteiger partial charge in [-0.2, -0.15) is 0 Å². The van der Waals surface area contributed by atoms with Gasteiger partial charge in [0.2, 0.25) is 0 Å². The molecule has 1 aliphatic heterocycles. The molecule has 1 saturated carbocycles. The molecule has 1 aliphatic carbocycles. The summed E-state index contributed by atoms with van der Waals surface area (Å²) in [6.07, 6.45) is 6.41. The number of sulfonamides is 1. The minimum atomic E-state index is -4.20. The van der Waals surface area contributed by atoms with Crippen LogP contribution in [0.1, 0.15) is 80.3 Å². The zero-order valence-electron chi connectivity index (χ0n) is 24.8. The molecule has 2 aliphatic rings. The van der Waals surface area contributed by atoms with E-state index in [0.29, 0.717) is 24.3 Å². The number of amides is 2. The number of nitrogens with zero attached hydrogens (tertiary/aromatic N) is 2. The summed E-state index contributed by atoms with van der Waals surface area (Å²) in [7, 11) is -4.20. The van der Waals surface area contributed by atoms with E-state index in [1.54, 1.807) is 48.5 Å². The quantitative estimate of drug-likeness (QED) is 0.264. The van der Waals surface area contributed by atoms with Crippen molar-refractivity contribution < 1.29 is 22.7 Å². The fourth-order valence-electron chi connectivity index (χ4n) is 5.97. The summed E-state index contributed by atoms with van der Waals surface area (Å²) in [5, 5.41) is 0. The molecule has 1 N–H and O–H groups in total. The second-order valence-electron chi connectivity index (χ2n) is 11.2. The van der Waals surface area contributed by atoms with E-state index in [1.807, 2.05) is 30.0 Å². The number of benzene rings is 3. The fraction of sp³-hybridized carbons (Fsp3) is 0.382. The molecule has 1 heterocycles. The Morgan fingerprint density at radius 1 is 0.977 bits per heavy atom. The second kappa shape index (κ2) is 13.2.